The summed E-state index contributed by atoms with van der Waals surface area (Å²) in [5.41, 5.74) is 9.88. The molecule has 0 spiro atoms. The number of nitrogens with zero attached hydrogens (tertiary/aromatic N) is 2. The molecule has 1 aliphatic rings. The van der Waals surface area contributed by atoms with E-state index in [9.17, 15) is 0 Å². The highest BCUT2D eigenvalue weighted by molar-refractivity contribution is 5.39. The van der Waals surface area contributed by atoms with Gasteiger partial charge in [0.2, 0.25) is 0 Å². The lowest BCUT2D eigenvalue weighted by molar-refractivity contribution is 0.461. The maximum atomic E-state index is 6.50. The molecule has 0 atom stereocenters. The fourth-order valence-electron chi connectivity index (χ4n) is 2.81. The van der Waals surface area contributed by atoms with E-state index in [0.29, 0.717) is 0 Å². The number of aryl methyl sites for hydroxylation is 1. The lowest BCUT2D eigenvalue weighted by Crippen LogP contribution is -2.33. The highest BCUT2D eigenvalue weighted by atomic mass is 15.3. The predicted molar refractivity (Wildman–Crippen MR) is 72.6 cm³/mol. The summed E-state index contributed by atoms with van der Waals surface area (Å²) in [6.07, 6.45) is 8.57. The van der Waals surface area contributed by atoms with Gasteiger partial charge in [0.25, 0.3) is 0 Å². The fourth-order valence-corrected chi connectivity index (χ4v) is 2.81. The Bertz CT molecular complexity index is 550. The summed E-state index contributed by atoms with van der Waals surface area (Å²) in [5, 5.41) is 4.35. The number of aromatic nitrogens is 2. The van der Waals surface area contributed by atoms with Crippen molar-refractivity contribution in [3.8, 4) is 5.69 Å². The molecule has 1 heterocycles. The van der Waals surface area contributed by atoms with Crippen LogP contribution >= 0.6 is 0 Å². The third-order valence-corrected chi connectivity index (χ3v) is 3.89. The Kier molecular flexibility index (Phi) is 2.71. The second kappa shape index (κ2) is 4.25. The summed E-state index contributed by atoms with van der Waals surface area (Å²) in [4.78, 5) is 0. The first kappa shape index (κ1) is 11.5. The molecule has 0 aliphatic heterocycles. The Morgan fingerprint density at radius 2 is 2.06 bits per heavy atom. The molecule has 1 fully saturated rings. The number of benzene rings is 1. The Morgan fingerprint density at radius 1 is 1.28 bits per heavy atom. The molecule has 0 unspecified atom stereocenters. The number of hydrogen-bond donors (Lipinski definition) is 1. The van der Waals surface area contributed by atoms with Crippen molar-refractivity contribution in [2.24, 2.45) is 5.73 Å². The minimum Gasteiger partial charge on any atom is -0.321 e. The average molecular weight is 241 g/mol. The van der Waals surface area contributed by atoms with Gasteiger partial charge in [0.05, 0.1) is 11.9 Å². The maximum absolute atomic E-state index is 6.50. The normalized spacial score (nSPS) is 18.1. The molecule has 1 aromatic heterocycles. The van der Waals surface area contributed by atoms with Crippen molar-refractivity contribution in [3.63, 3.8) is 0 Å². The molecule has 1 aliphatic carbocycles. The quantitative estimate of drug-likeness (QED) is 0.878. The van der Waals surface area contributed by atoms with Crippen molar-refractivity contribution in [2.75, 3.05) is 0 Å². The first-order valence-corrected chi connectivity index (χ1v) is 6.58. The Hall–Kier alpha value is -1.61. The molecule has 2 N–H and O–H groups in total. The smallest absolute Gasteiger partial charge is 0.0649 e. The predicted octanol–water partition coefficient (Wildman–Crippen LogP) is 2.91. The van der Waals surface area contributed by atoms with E-state index >= 15 is 0 Å². The minimum atomic E-state index is -0.127. The lowest BCUT2D eigenvalue weighted by Gasteiger charge is -2.24. The monoisotopic (exact) mass is 241 g/mol. The van der Waals surface area contributed by atoms with Crippen LogP contribution in [-0.4, -0.2) is 9.78 Å². The molecule has 18 heavy (non-hydrogen) atoms. The zero-order valence-corrected chi connectivity index (χ0v) is 10.8. The van der Waals surface area contributed by atoms with E-state index < -0.39 is 0 Å². The van der Waals surface area contributed by atoms with Crippen LogP contribution in [0.1, 0.15) is 36.8 Å². The molecule has 94 valence electrons. The lowest BCUT2D eigenvalue weighted by atomic mass is 9.89. The molecular formula is C15H19N3. The van der Waals surface area contributed by atoms with Crippen molar-refractivity contribution in [2.45, 2.75) is 38.1 Å². The van der Waals surface area contributed by atoms with Crippen LogP contribution < -0.4 is 5.73 Å². The number of rotatable bonds is 2. The summed E-state index contributed by atoms with van der Waals surface area (Å²) in [7, 11) is 0. The van der Waals surface area contributed by atoms with Gasteiger partial charge in [-0.1, -0.05) is 25.0 Å². The second-order valence-electron chi connectivity index (χ2n) is 5.38. The van der Waals surface area contributed by atoms with Gasteiger partial charge in [-0.25, -0.2) is 4.68 Å². The van der Waals surface area contributed by atoms with E-state index in [0.717, 1.165) is 18.5 Å². The second-order valence-corrected chi connectivity index (χ2v) is 5.38. The van der Waals surface area contributed by atoms with Gasteiger partial charge < -0.3 is 5.73 Å². The van der Waals surface area contributed by atoms with Crippen LogP contribution in [0, 0.1) is 6.92 Å². The molecule has 0 saturated heterocycles. The highest BCUT2D eigenvalue weighted by Gasteiger charge is 2.31. The van der Waals surface area contributed by atoms with E-state index in [1.54, 1.807) is 0 Å². The molecule has 3 heteroatoms. The van der Waals surface area contributed by atoms with Gasteiger partial charge in [0, 0.05) is 11.7 Å². The van der Waals surface area contributed by atoms with Gasteiger partial charge in [-0.3, -0.25) is 0 Å². The SMILES string of the molecule is Cc1cnn(-c2cccc(C3(N)CCCC3)c2)c1. The van der Waals surface area contributed by atoms with Crippen LogP contribution in [0.2, 0.25) is 0 Å². The largest absolute Gasteiger partial charge is 0.321 e. The van der Waals surface area contributed by atoms with E-state index in [1.807, 2.05) is 17.1 Å². The first-order chi connectivity index (χ1) is 8.67. The molecule has 0 radical (unpaired) electrons. The van der Waals surface area contributed by atoms with Crippen molar-refractivity contribution in [1.29, 1.82) is 0 Å². The molecule has 3 rings (SSSR count). The van der Waals surface area contributed by atoms with Gasteiger partial charge in [-0.2, -0.15) is 5.10 Å². The average Bonchev–Trinajstić information content (AvgIpc) is 2.99. The van der Waals surface area contributed by atoms with Crippen LogP contribution in [0.25, 0.3) is 5.69 Å². The molecule has 3 nitrogen and oxygen atoms in total. The summed E-state index contributed by atoms with van der Waals surface area (Å²) >= 11 is 0. The van der Waals surface area contributed by atoms with Crippen molar-refractivity contribution < 1.29 is 0 Å². The zero-order valence-electron chi connectivity index (χ0n) is 10.8. The third kappa shape index (κ3) is 1.95. The summed E-state index contributed by atoms with van der Waals surface area (Å²) in [6, 6.07) is 8.48. The zero-order chi connectivity index (χ0) is 12.6. The maximum Gasteiger partial charge on any atom is 0.0649 e. The van der Waals surface area contributed by atoms with Crippen LogP contribution in [0.15, 0.2) is 36.7 Å². The van der Waals surface area contributed by atoms with Gasteiger partial charge in [-0.15, -0.1) is 0 Å². The summed E-state index contributed by atoms with van der Waals surface area (Å²) in [6.45, 7) is 2.05. The van der Waals surface area contributed by atoms with E-state index in [4.69, 9.17) is 5.73 Å². The minimum absolute atomic E-state index is 0.127. The van der Waals surface area contributed by atoms with Crippen LogP contribution in [0.3, 0.4) is 0 Å². The van der Waals surface area contributed by atoms with Gasteiger partial charge >= 0.3 is 0 Å². The summed E-state index contributed by atoms with van der Waals surface area (Å²) < 4.78 is 1.91. The molecular weight excluding hydrogens is 222 g/mol. The molecule has 1 saturated carbocycles. The van der Waals surface area contributed by atoms with E-state index in [1.165, 1.54) is 24.0 Å². The Balaban J connectivity index is 1.99. The Labute approximate surface area is 108 Å². The van der Waals surface area contributed by atoms with Crippen molar-refractivity contribution in [3.05, 3.63) is 47.8 Å². The van der Waals surface area contributed by atoms with Gasteiger partial charge in [0.15, 0.2) is 0 Å². The van der Waals surface area contributed by atoms with Gasteiger partial charge in [0.1, 0.15) is 0 Å². The van der Waals surface area contributed by atoms with Crippen LogP contribution in [0.5, 0.6) is 0 Å². The topological polar surface area (TPSA) is 43.8 Å². The highest BCUT2D eigenvalue weighted by Crippen LogP contribution is 2.36. The first-order valence-electron chi connectivity index (χ1n) is 6.58. The summed E-state index contributed by atoms with van der Waals surface area (Å²) in [5.74, 6) is 0. The number of nitrogens with two attached hydrogens (primary N) is 1. The fraction of sp³-hybridized carbons (Fsp3) is 0.400. The van der Waals surface area contributed by atoms with Crippen molar-refractivity contribution >= 4 is 0 Å². The molecule has 2 aromatic rings. The molecule has 1 aromatic carbocycles. The van der Waals surface area contributed by atoms with Crippen LogP contribution in [-0.2, 0) is 5.54 Å². The molecule has 0 bridgehead atoms. The van der Waals surface area contributed by atoms with Crippen molar-refractivity contribution in [1.82, 2.24) is 9.78 Å². The van der Waals surface area contributed by atoms with Crippen LogP contribution in [0.4, 0.5) is 0 Å². The molecule has 0 amide bonds. The van der Waals surface area contributed by atoms with E-state index in [2.05, 4.69) is 36.3 Å². The Morgan fingerprint density at radius 3 is 2.72 bits per heavy atom. The number of hydrogen-bond acceptors (Lipinski definition) is 2. The third-order valence-electron chi connectivity index (χ3n) is 3.89. The standard InChI is InChI=1S/C15H19N3/c1-12-10-17-18(11-12)14-6-4-5-13(9-14)15(16)7-2-3-8-15/h4-6,9-11H,2-3,7-8,16H2,1H3. The van der Waals surface area contributed by atoms with Gasteiger partial charge in [-0.05, 0) is 43.0 Å². The van der Waals surface area contributed by atoms with E-state index in [-0.39, 0.29) is 5.54 Å².